The van der Waals surface area contributed by atoms with Crippen LogP contribution in [0.15, 0.2) is 9.64 Å². The van der Waals surface area contributed by atoms with Crippen molar-refractivity contribution >= 4 is 15.7 Å². The van der Waals surface area contributed by atoms with Crippen molar-refractivity contribution in [3.63, 3.8) is 0 Å². The molecule has 0 bridgehead atoms. The predicted octanol–water partition coefficient (Wildman–Crippen LogP) is 1.48. The molecule has 7 nitrogen and oxygen atoms in total. The standard InChI is InChI=1S/C12H21N3O4S/c1-5-6-7-9(16)13-10(8(2)3)11-14-15-12(19-11)20(4,17)18/h8,10H,5-7H2,1-4H3,(H,13,16)/t10-/m0/s1. The highest BCUT2D eigenvalue weighted by Crippen LogP contribution is 2.22. The summed E-state index contributed by atoms with van der Waals surface area (Å²) >= 11 is 0. The first-order valence-corrected chi connectivity index (χ1v) is 8.47. The molecule has 0 fully saturated rings. The number of amides is 1. The number of carbonyl (C=O) groups excluding carboxylic acids is 1. The van der Waals surface area contributed by atoms with Crippen molar-refractivity contribution in [2.45, 2.75) is 51.3 Å². The van der Waals surface area contributed by atoms with Gasteiger partial charge in [-0.1, -0.05) is 32.3 Å². The lowest BCUT2D eigenvalue weighted by molar-refractivity contribution is -0.122. The van der Waals surface area contributed by atoms with E-state index in [1.54, 1.807) is 0 Å². The first-order valence-electron chi connectivity index (χ1n) is 6.58. The molecule has 1 heterocycles. The van der Waals surface area contributed by atoms with Crippen LogP contribution in [-0.2, 0) is 14.6 Å². The van der Waals surface area contributed by atoms with E-state index < -0.39 is 21.1 Å². The van der Waals surface area contributed by atoms with E-state index in [4.69, 9.17) is 4.42 Å². The second-order valence-corrected chi connectivity index (χ2v) is 6.96. The van der Waals surface area contributed by atoms with Crippen molar-refractivity contribution in [2.24, 2.45) is 5.92 Å². The molecule has 0 aliphatic heterocycles. The van der Waals surface area contributed by atoms with E-state index in [1.807, 2.05) is 20.8 Å². The van der Waals surface area contributed by atoms with Gasteiger partial charge >= 0.3 is 5.22 Å². The molecule has 1 amide bonds. The number of aromatic nitrogens is 2. The van der Waals surface area contributed by atoms with Crippen LogP contribution < -0.4 is 5.32 Å². The average molecular weight is 303 g/mol. The molecular weight excluding hydrogens is 282 g/mol. The second kappa shape index (κ2) is 6.83. The molecule has 0 saturated carbocycles. The smallest absolute Gasteiger partial charge is 0.335 e. The molecule has 1 rings (SSSR count). The Hall–Kier alpha value is -1.44. The van der Waals surface area contributed by atoms with Gasteiger partial charge in [-0.3, -0.25) is 4.79 Å². The Morgan fingerprint density at radius 2 is 2.00 bits per heavy atom. The van der Waals surface area contributed by atoms with Crippen LogP contribution >= 0.6 is 0 Å². The van der Waals surface area contributed by atoms with Crippen LogP contribution in [0.4, 0.5) is 0 Å². The van der Waals surface area contributed by atoms with Gasteiger partial charge in [0, 0.05) is 12.7 Å². The number of carbonyl (C=O) groups is 1. The van der Waals surface area contributed by atoms with Crippen LogP contribution in [0.3, 0.4) is 0 Å². The maximum atomic E-state index is 11.8. The molecule has 0 aliphatic carbocycles. The number of nitrogens with one attached hydrogen (secondary N) is 1. The molecule has 1 N–H and O–H groups in total. The third-order valence-corrected chi connectivity index (χ3v) is 3.55. The summed E-state index contributed by atoms with van der Waals surface area (Å²) in [5.74, 6) is 0.0170. The molecule has 8 heteroatoms. The fourth-order valence-corrected chi connectivity index (χ4v) is 2.02. The molecule has 1 aromatic heterocycles. The van der Waals surface area contributed by atoms with Crippen molar-refractivity contribution in [2.75, 3.05) is 6.26 Å². The maximum absolute atomic E-state index is 11.8. The Morgan fingerprint density at radius 3 is 2.45 bits per heavy atom. The van der Waals surface area contributed by atoms with Gasteiger partial charge in [0.25, 0.3) is 0 Å². The van der Waals surface area contributed by atoms with Gasteiger partial charge in [0.05, 0.1) is 0 Å². The number of hydrogen-bond donors (Lipinski definition) is 1. The zero-order valence-electron chi connectivity index (χ0n) is 12.2. The van der Waals surface area contributed by atoms with Gasteiger partial charge in [0.2, 0.25) is 21.6 Å². The van der Waals surface area contributed by atoms with Crippen LogP contribution in [-0.4, -0.2) is 30.8 Å². The number of sulfone groups is 1. The molecule has 0 aliphatic rings. The van der Waals surface area contributed by atoms with Gasteiger partial charge < -0.3 is 9.73 Å². The maximum Gasteiger partial charge on any atom is 0.335 e. The third-order valence-electron chi connectivity index (χ3n) is 2.75. The Kier molecular flexibility index (Phi) is 5.67. The Morgan fingerprint density at radius 1 is 1.35 bits per heavy atom. The van der Waals surface area contributed by atoms with Crippen molar-refractivity contribution in [3.8, 4) is 0 Å². The lowest BCUT2D eigenvalue weighted by Gasteiger charge is -2.18. The van der Waals surface area contributed by atoms with E-state index in [1.165, 1.54) is 0 Å². The molecule has 20 heavy (non-hydrogen) atoms. The Balaban J connectivity index is 2.86. The zero-order chi connectivity index (χ0) is 15.3. The summed E-state index contributed by atoms with van der Waals surface area (Å²) in [5.41, 5.74) is 0. The molecule has 0 saturated heterocycles. The van der Waals surface area contributed by atoms with E-state index in [2.05, 4.69) is 15.5 Å². The molecule has 0 spiro atoms. The van der Waals surface area contributed by atoms with Crippen molar-refractivity contribution < 1.29 is 17.6 Å². The number of hydrogen-bond acceptors (Lipinski definition) is 6. The number of rotatable bonds is 7. The van der Waals surface area contributed by atoms with Crippen LogP contribution in [0.25, 0.3) is 0 Å². The molecule has 1 aromatic rings. The highest BCUT2D eigenvalue weighted by atomic mass is 32.2. The van der Waals surface area contributed by atoms with E-state index in [0.29, 0.717) is 6.42 Å². The van der Waals surface area contributed by atoms with E-state index in [0.717, 1.165) is 19.1 Å². The van der Waals surface area contributed by atoms with E-state index >= 15 is 0 Å². The summed E-state index contributed by atoms with van der Waals surface area (Å²) in [6.07, 6.45) is 3.15. The second-order valence-electron chi connectivity index (χ2n) is 5.07. The van der Waals surface area contributed by atoms with E-state index in [-0.39, 0.29) is 17.7 Å². The van der Waals surface area contributed by atoms with Crippen molar-refractivity contribution in [1.29, 1.82) is 0 Å². The third kappa shape index (κ3) is 4.59. The first kappa shape index (κ1) is 16.6. The minimum absolute atomic E-state index is 0.00781. The Bertz CT molecular complexity index is 551. The van der Waals surface area contributed by atoms with Gasteiger partial charge in [-0.2, -0.15) is 0 Å². The number of unbranched alkanes of at least 4 members (excludes halogenated alkanes) is 1. The average Bonchev–Trinajstić information content (AvgIpc) is 2.82. The van der Waals surface area contributed by atoms with Gasteiger partial charge in [0.15, 0.2) is 0 Å². The summed E-state index contributed by atoms with van der Waals surface area (Å²) < 4.78 is 27.8. The van der Waals surface area contributed by atoms with Crippen LogP contribution in [0.2, 0.25) is 0 Å². The largest absolute Gasteiger partial charge is 0.410 e. The molecule has 0 unspecified atom stereocenters. The summed E-state index contributed by atoms with van der Waals surface area (Å²) in [6.45, 7) is 5.77. The molecule has 0 aromatic carbocycles. The Labute approximate surface area is 119 Å². The van der Waals surface area contributed by atoms with Crippen LogP contribution in [0, 0.1) is 5.92 Å². The van der Waals surface area contributed by atoms with Gasteiger partial charge in [0.1, 0.15) is 6.04 Å². The minimum Gasteiger partial charge on any atom is -0.410 e. The normalized spacial score (nSPS) is 13.4. The van der Waals surface area contributed by atoms with Gasteiger partial charge in [-0.25, -0.2) is 8.42 Å². The highest BCUT2D eigenvalue weighted by Gasteiger charge is 2.26. The fourth-order valence-electron chi connectivity index (χ4n) is 1.59. The lowest BCUT2D eigenvalue weighted by Crippen LogP contribution is -2.31. The quantitative estimate of drug-likeness (QED) is 0.818. The monoisotopic (exact) mass is 303 g/mol. The van der Waals surface area contributed by atoms with Crippen LogP contribution in [0.5, 0.6) is 0 Å². The lowest BCUT2D eigenvalue weighted by atomic mass is 10.0. The van der Waals surface area contributed by atoms with Gasteiger partial charge in [-0.15, -0.1) is 5.10 Å². The topological polar surface area (TPSA) is 102 Å². The first-order chi connectivity index (χ1) is 9.25. The summed E-state index contributed by atoms with van der Waals surface area (Å²) in [4.78, 5) is 11.8. The van der Waals surface area contributed by atoms with E-state index in [9.17, 15) is 13.2 Å². The van der Waals surface area contributed by atoms with Crippen molar-refractivity contribution in [3.05, 3.63) is 5.89 Å². The zero-order valence-corrected chi connectivity index (χ0v) is 13.0. The van der Waals surface area contributed by atoms with Crippen LogP contribution in [0.1, 0.15) is 52.0 Å². The fraction of sp³-hybridized carbons (Fsp3) is 0.750. The highest BCUT2D eigenvalue weighted by molar-refractivity contribution is 7.90. The molecule has 1 atom stereocenters. The SMILES string of the molecule is CCCCC(=O)N[C@H](c1nnc(S(C)(=O)=O)o1)C(C)C. The van der Waals surface area contributed by atoms with Gasteiger partial charge in [-0.05, 0) is 12.3 Å². The summed E-state index contributed by atoms with van der Waals surface area (Å²) in [6, 6.07) is -0.484. The minimum atomic E-state index is -3.54. The predicted molar refractivity (Wildman–Crippen MR) is 72.7 cm³/mol. The molecular formula is C12H21N3O4S. The molecule has 0 radical (unpaired) electrons. The number of nitrogens with zero attached hydrogens (tertiary/aromatic N) is 2. The summed E-state index contributed by atoms with van der Waals surface area (Å²) in [5, 5.41) is 9.60. The van der Waals surface area contributed by atoms with Crippen molar-refractivity contribution in [1.82, 2.24) is 15.5 Å². The molecule has 114 valence electrons. The summed E-state index contributed by atoms with van der Waals surface area (Å²) in [7, 11) is -3.54.